The van der Waals surface area contributed by atoms with Gasteiger partial charge in [0.25, 0.3) is 0 Å². The van der Waals surface area contributed by atoms with Crippen LogP contribution in [0.5, 0.6) is 0 Å². The summed E-state index contributed by atoms with van der Waals surface area (Å²) in [6.07, 6.45) is 7.86. The Morgan fingerprint density at radius 1 is 1.00 bits per heavy atom. The molecule has 2 rings (SSSR count). The third kappa shape index (κ3) is 5.71. The van der Waals surface area contributed by atoms with Crippen molar-refractivity contribution in [3.8, 4) is 0 Å². The maximum atomic E-state index is 12.7. The van der Waals surface area contributed by atoms with E-state index in [1.165, 1.54) is 6.42 Å². The first-order valence-corrected chi connectivity index (χ1v) is 10.9. The summed E-state index contributed by atoms with van der Waals surface area (Å²) in [4.78, 5) is 24.8. The van der Waals surface area contributed by atoms with Crippen molar-refractivity contribution < 1.29 is 23.8 Å². The lowest BCUT2D eigenvalue weighted by Crippen LogP contribution is -2.37. The number of hydrogen-bond acceptors (Lipinski definition) is 5. The Morgan fingerprint density at radius 3 is 2.11 bits per heavy atom. The average Bonchev–Trinajstić information content (AvgIpc) is 3.14. The summed E-state index contributed by atoms with van der Waals surface area (Å²) in [5, 5.41) is 0. The van der Waals surface area contributed by atoms with Crippen LogP contribution >= 0.6 is 0 Å². The monoisotopic (exact) mass is 396 g/mol. The van der Waals surface area contributed by atoms with Crippen molar-refractivity contribution in [2.75, 3.05) is 19.8 Å². The SMILES string of the molecule is CCC1(OC(=O)COCCOC(=O)C2(CC(C)(C)C)CC2(C)C)CCCCC1. The Kier molecular flexibility index (Phi) is 7.22. The fourth-order valence-electron chi connectivity index (χ4n) is 4.82. The highest BCUT2D eigenvalue weighted by Gasteiger charge is 2.67. The van der Waals surface area contributed by atoms with E-state index >= 15 is 0 Å². The molecule has 0 bridgehead atoms. The average molecular weight is 397 g/mol. The highest BCUT2D eigenvalue weighted by Crippen LogP contribution is 2.68. The molecule has 2 fully saturated rings. The standard InChI is InChI=1S/C23H40O5/c1-7-22(11-9-8-10-12-22)28-18(24)15-26-13-14-27-19(25)23(16-20(2,3)4)17-21(23,5)6/h7-17H2,1-6H3. The number of hydrogen-bond donors (Lipinski definition) is 0. The van der Waals surface area contributed by atoms with E-state index in [2.05, 4.69) is 41.5 Å². The van der Waals surface area contributed by atoms with Crippen LogP contribution in [-0.4, -0.2) is 37.4 Å². The highest BCUT2D eigenvalue weighted by molar-refractivity contribution is 5.81. The van der Waals surface area contributed by atoms with Crippen LogP contribution in [0.25, 0.3) is 0 Å². The molecule has 5 nitrogen and oxygen atoms in total. The first-order chi connectivity index (χ1) is 13.0. The van der Waals surface area contributed by atoms with Crippen molar-refractivity contribution in [1.29, 1.82) is 0 Å². The van der Waals surface area contributed by atoms with Crippen LogP contribution in [0.1, 0.15) is 92.9 Å². The van der Waals surface area contributed by atoms with Crippen molar-refractivity contribution >= 4 is 11.9 Å². The normalized spacial score (nSPS) is 25.8. The molecular weight excluding hydrogens is 356 g/mol. The molecule has 28 heavy (non-hydrogen) atoms. The third-order valence-electron chi connectivity index (χ3n) is 6.56. The van der Waals surface area contributed by atoms with Gasteiger partial charge in [-0.2, -0.15) is 0 Å². The molecule has 0 aromatic heterocycles. The molecule has 2 saturated carbocycles. The second-order valence-electron chi connectivity index (χ2n) is 10.6. The summed E-state index contributed by atoms with van der Waals surface area (Å²) in [7, 11) is 0. The van der Waals surface area contributed by atoms with E-state index in [1.807, 2.05) is 0 Å². The zero-order chi connectivity index (χ0) is 21.1. The fourth-order valence-corrected chi connectivity index (χ4v) is 4.82. The topological polar surface area (TPSA) is 61.8 Å². The number of ether oxygens (including phenoxy) is 3. The molecule has 0 amide bonds. The molecule has 0 heterocycles. The van der Waals surface area contributed by atoms with Gasteiger partial charge >= 0.3 is 11.9 Å². The fraction of sp³-hybridized carbons (Fsp3) is 0.913. The molecule has 2 aliphatic rings. The molecular formula is C23H40O5. The molecule has 1 atom stereocenters. The van der Waals surface area contributed by atoms with Gasteiger partial charge in [-0.25, -0.2) is 4.79 Å². The lowest BCUT2D eigenvalue weighted by molar-refractivity contribution is -0.170. The molecule has 5 heteroatoms. The Balaban J connectivity index is 1.69. The highest BCUT2D eigenvalue weighted by atomic mass is 16.6. The van der Waals surface area contributed by atoms with E-state index < -0.39 is 5.41 Å². The van der Waals surface area contributed by atoms with Crippen molar-refractivity contribution in [2.24, 2.45) is 16.2 Å². The van der Waals surface area contributed by atoms with Gasteiger partial charge in [-0.15, -0.1) is 0 Å². The second kappa shape index (κ2) is 8.73. The summed E-state index contributed by atoms with van der Waals surface area (Å²) in [5.41, 5.74) is -0.640. The summed E-state index contributed by atoms with van der Waals surface area (Å²) in [6.45, 7) is 13.1. The van der Waals surface area contributed by atoms with Gasteiger partial charge in [-0.1, -0.05) is 48.0 Å². The Hall–Kier alpha value is -1.10. The predicted molar refractivity (Wildman–Crippen MR) is 109 cm³/mol. The quantitative estimate of drug-likeness (QED) is 0.403. The van der Waals surface area contributed by atoms with Crippen LogP contribution in [0, 0.1) is 16.2 Å². The summed E-state index contributed by atoms with van der Waals surface area (Å²) >= 11 is 0. The van der Waals surface area contributed by atoms with Crippen molar-refractivity contribution in [3.05, 3.63) is 0 Å². The van der Waals surface area contributed by atoms with Crippen LogP contribution in [-0.2, 0) is 23.8 Å². The molecule has 2 aliphatic carbocycles. The number of carbonyl (C=O) groups is 2. The van der Waals surface area contributed by atoms with Gasteiger partial charge in [0.1, 0.15) is 18.8 Å². The molecule has 0 aromatic carbocycles. The van der Waals surface area contributed by atoms with E-state index in [1.54, 1.807) is 0 Å². The lowest BCUT2D eigenvalue weighted by Gasteiger charge is -2.35. The zero-order valence-electron chi connectivity index (χ0n) is 18.8. The van der Waals surface area contributed by atoms with Gasteiger partial charge in [0, 0.05) is 0 Å². The molecule has 0 aromatic rings. The van der Waals surface area contributed by atoms with E-state index in [-0.39, 0.29) is 48.2 Å². The minimum atomic E-state index is -0.390. The summed E-state index contributed by atoms with van der Waals surface area (Å²) in [5.74, 6) is -0.451. The third-order valence-corrected chi connectivity index (χ3v) is 6.56. The Bertz CT molecular complexity index is 554. The smallest absolute Gasteiger partial charge is 0.332 e. The van der Waals surface area contributed by atoms with Gasteiger partial charge in [0.2, 0.25) is 0 Å². The Labute approximate surface area is 170 Å². The summed E-state index contributed by atoms with van der Waals surface area (Å²) < 4.78 is 16.6. The van der Waals surface area contributed by atoms with Gasteiger partial charge < -0.3 is 14.2 Å². The number of carbonyl (C=O) groups excluding carboxylic acids is 2. The first-order valence-electron chi connectivity index (χ1n) is 10.9. The Morgan fingerprint density at radius 2 is 1.61 bits per heavy atom. The second-order valence-corrected chi connectivity index (χ2v) is 10.6. The van der Waals surface area contributed by atoms with E-state index in [0.717, 1.165) is 44.9 Å². The number of esters is 2. The van der Waals surface area contributed by atoms with E-state index in [4.69, 9.17) is 14.2 Å². The van der Waals surface area contributed by atoms with Crippen molar-refractivity contribution in [2.45, 2.75) is 98.5 Å². The van der Waals surface area contributed by atoms with Crippen LogP contribution in [0.2, 0.25) is 0 Å². The van der Waals surface area contributed by atoms with E-state index in [9.17, 15) is 9.59 Å². The lowest BCUT2D eigenvalue weighted by atomic mass is 9.79. The molecule has 1 unspecified atom stereocenters. The van der Waals surface area contributed by atoms with Crippen LogP contribution < -0.4 is 0 Å². The molecule has 0 N–H and O–H groups in total. The largest absolute Gasteiger partial charge is 0.463 e. The molecule has 162 valence electrons. The maximum Gasteiger partial charge on any atom is 0.332 e. The van der Waals surface area contributed by atoms with Crippen LogP contribution in [0.3, 0.4) is 0 Å². The van der Waals surface area contributed by atoms with E-state index in [0.29, 0.717) is 0 Å². The van der Waals surface area contributed by atoms with Gasteiger partial charge in [-0.3, -0.25) is 4.79 Å². The molecule has 0 aliphatic heterocycles. The molecule has 0 spiro atoms. The van der Waals surface area contributed by atoms with Crippen LogP contribution in [0.4, 0.5) is 0 Å². The van der Waals surface area contributed by atoms with Crippen LogP contribution in [0.15, 0.2) is 0 Å². The minimum absolute atomic E-state index is 0.0174. The van der Waals surface area contributed by atoms with Gasteiger partial charge in [0.05, 0.1) is 12.0 Å². The zero-order valence-corrected chi connectivity index (χ0v) is 18.8. The van der Waals surface area contributed by atoms with Gasteiger partial charge in [0.15, 0.2) is 0 Å². The maximum absolute atomic E-state index is 12.7. The predicted octanol–water partition coefficient (Wildman–Crippen LogP) is 5.05. The molecule has 0 radical (unpaired) electrons. The first kappa shape index (κ1) is 23.2. The van der Waals surface area contributed by atoms with Crippen molar-refractivity contribution in [1.82, 2.24) is 0 Å². The van der Waals surface area contributed by atoms with Gasteiger partial charge in [-0.05, 0) is 55.8 Å². The number of rotatable bonds is 9. The summed E-state index contributed by atoms with van der Waals surface area (Å²) in [6, 6.07) is 0. The molecule has 0 saturated heterocycles. The van der Waals surface area contributed by atoms with Crippen molar-refractivity contribution in [3.63, 3.8) is 0 Å². The minimum Gasteiger partial charge on any atom is -0.463 e.